The highest BCUT2D eigenvalue weighted by Crippen LogP contribution is 2.27. The van der Waals surface area contributed by atoms with Crippen molar-refractivity contribution in [2.45, 2.75) is 25.3 Å². The summed E-state index contributed by atoms with van der Waals surface area (Å²) in [4.78, 5) is 4.43. The summed E-state index contributed by atoms with van der Waals surface area (Å²) >= 11 is 0. The lowest BCUT2D eigenvalue weighted by Crippen LogP contribution is -2.29. The van der Waals surface area contributed by atoms with Crippen molar-refractivity contribution in [2.24, 2.45) is 7.05 Å². The normalized spacial score (nSPS) is 12.0. The first-order chi connectivity index (χ1) is 9.75. The van der Waals surface area contributed by atoms with Crippen molar-refractivity contribution in [1.29, 1.82) is 0 Å². The number of hydrogen-bond donors (Lipinski definition) is 1. The summed E-state index contributed by atoms with van der Waals surface area (Å²) in [6.07, 6.45) is 3.43. The molecule has 0 saturated carbocycles. The fourth-order valence-corrected chi connectivity index (χ4v) is 3.80. The topological polar surface area (TPSA) is 81.2 Å². The minimum absolute atomic E-state index is 0.208. The van der Waals surface area contributed by atoms with Crippen LogP contribution in [0.3, 0.4) is 0 Å². The number of aryl methyl sites for hydroxylation is 2. The monoisotopic (exact) mass is 308 g/mol. The van der Waals surface area contributed by atoms with Crippen molar-refractivity contribution in [3.8, 4) is 0 Å². The van der Waals surface area contributed by atoms with E-state index in [0.717, 1.165) is 0 Å². The Bertz CT molecular complexity index is 765. The molecule has 0 radical (unpaired) electrons. The first kappa shape index (κ1) is 15.5. The van der Waals surface area contributed by atoms with Gasteiger partial charge in [0.1, 0.15) is 5.82 Å². The number of nitrogens with zero attached hydrogens (tertiary/aromatic N) is 3. The number of nitrogen functional groups attached to an aromatic ring is 1. The van der Waals surface area contributed by atoms with Crippen LogP contribution in [0.1, 0.15) is 17.0 Å². The van der Waals surface area contributed by atoms with Crippen LogP contribution < -0.4 is 5.73 Å². The van der Waals surface area contributed by atoms with Gasteiger partial charge >= 0.3 is 0 Å². The summed E-state index contributed by atoms with van der Waals surface area (Å²) in [6.45, 7) is 3.71. The number of rotatable bonds is 4. The van der Waals surface area contributed by atoms with E-state index >= 15 is 0 Å². The molecule has 2 aromatic rings. The van der Waals surface area contributed by atoms with Gasteiger partial charge in [-0.3, -0.25) is 0 Å². The third-order valence-corrected chi connectivity index (χ3v) is 5.69. The van der Waals surface area contributed by atoms with E-state index in [2.05, 4.69) is 4.98 Å². The van der Waals surface area contributed by atoms with Crippen molar-refractivity contribution >= 4 is 15.7 Å². The Labute approximate surface area is 125 Å². The van der Waals surface area contributed by atoms with Crippen LogP contribution in [0.2, 0.25) is 0 Å². The molecule has 0 fully saturated rings. The van der Waals surface area contributed by atoms with E-state index in [4.69, 9.17) is 5.73 Å². The van der Waals surface area contributed by atoms with E-state index in [-0.39, 0.29) is 11.4 Å². The maximum absolute atomic E-state index is 12.8. The predicted molar refractivity (Wildman–Crippen MR) is 82.2 cm³/mol. The second kappa shape index (κ2) is 5.50. The summed E-state index contributed by atoms with van der Waals surface area (Å²) in [6, 6.07) is 3.45. The van der Waals surface area contributed by atoms with Crippen molar-refractivity contribution in [3.63, 3.8) is 0 Å². The average molecular weight is 308 g/mol. The molecule has 0 spiro atoms. The maximum Gasteiger partial charge on any atom is 0.243 e. The molecule has 1 heterocycles. The molecule has 0 saturated heterocycles. The number of benzene rings is 1. The Hall–Kier alpha value is -1.86. The van der Waals surface area contributed by atoms with Crippen LogP contribution in [0.4, 0.5) is 5.69 Å². The lowest BCUT2D eigenvalue weighted by Gasteiger charge is -2.20. The molecule has 114 valence electrons. The second-order valence-corrected chi connectivity index (χ2v) is 7.12. The zero-order valence-corrected chi connectivity index (χ0v) is 13.5. The number of aromatic nitrogens is 2. The SMILES string of the molecule is Cc1ccc(N)c(C)c1S(=O)(=O)N(C)Cc1nccn1C. The Kier molecular flexibility index (Phi) is 4.06. The minimum atomic E-state index is -3.62. The molecular weight excluding hydrogens is 288 g/mol. The number of imidazole rings is 1. The van der Waals surface area contributed by atoms with E-state index in [1.807, 2.05) is 7.05 Å². The van der Waals surface area contributed by atoms with Gasteiger partial charge in [0.05, 0.1) is 11.4 Å². The van der Waals surface area contributed by atoms with Crippen molar-refractivity contribution in [1.82, 2.24) is 13.9 Å². The Morgan fingerprint density at radius 1 is 1.33 bits per heavy atom. The molecule has 0 aliphatic carbocycles. The average Bonchev–Trinajstić information content (AvgIpc) is 2.80. The standard InChI is InChI=1S/C14H20N4O2S/c1-10-5-6-12(15)11(2)14(10)21(19,20)18(4)9-13-16-7-8-17(13)3/h5-8H,9,15H2,1-4H3. The van der Waals surface area contributed by atoms with Gasteiger partial charge in [0.15, 0.2) is 0 Å². The van der Waals surface area contributed by atoms with E-state index in [1.165, 1.54) is 4.31 Å². The molecule has 2 N–H and O–H groups in total. The lowest BCUT2D eigenvalue weighted by atomic mass is 10.1. The molecule has 7 heteroatoms. The molecule has 1 aromatic carbocycles. The van der Waals surface area contributed by atoms with Gasteiger partial charge in [-0.1, -0.05) is 6.07 Å². The van der Waals surface area contributed by atoms with Crippen molar-refractivity contribution in [3.05, 3.63) is 41.5 Å². The fraction of sp³-hybridized carbons (Fsp3) is 0.357. The number of nitrogens with two attached hydrogens (primary N) is 1. The van der Waals surface area contributed by atoms with Crippen LogP contribution in [0, 0.1) is 13.8 Å². The highest BCUT2D eigenvalue weighted by molar-refractivity contribution is 7.89. The third kappa shape index (κ3) is 2.79. The summed E-state index contributed by atoms with van der Waals surface area (Å²) in [5.74, 6) is 0.681. The zero-order chi connectivity index (χ0) is 15.8. The van der Waals surface area contributed by atoms with Crippen molar-refractivity contribution < 1.29 is 8.42 Å². The first-order valence-corrected chi connectivity index (χ1v) is 7.97. The zero-order valence-electron chi connectivity index (χ0n) is 12.7. The highest BCUT2D eigenvalue weighted by atomic mass is 32.2. The van der Waals surface area contributed by atoms with E-state index in [1.54, 1.807) is 50.0 Å². The van der Waals surface area contributed by atoms with Crippen LogP contribution in [-0.4, -0.2) is 29.3 Å². The molecule has 21 heavy (non-hydrogen) atoms. The summed E-state index contributed by atoms with van der Waals surface area (Å²) in [5.41, 5.74) is 7.60. The molecule has 2 rings (SSSR count). The molecule has 1 aromatic heterocycles. The first-order valence-electron chi connectivity index (χ1n) is 6.53. The van der Waals surface area contributed by atoms with Gasteiger partial charge in [0.25, 0.3) is 0 Å². The third-order valence-electron chi connectivity index (χ3n) is 3.60. The number of anilines is 1. The van der Waals surface area contributed by atoms with Gasteiger partial charge in [-0.15, -0.1) is 0 Å². The summed E-state index contributed by atoms with van der Waals surface area (Å²) in [5, 5.41) is 0. The van der Waals surface area contributed by atoms with Crippen LogP contribution in [-0.2, 0) is 23.6 Å². The van der Waals surface area contributed by atoms with Crippen LogP contribution in [0.25, 0.3) is 0 Å². The Balaban J connectivity index is 2.43. The molecule has 0 aliphatic rings. The molecule has 0 unspecified atom stereocenters. The second-order valence-electron chi connectivity index (χ2n) is 5.14. The fourth-order valence-electron chi connectivity index (χ4n) is 2.23. The van der Waals surface area contributed by atoms with Gasteiger partial charge in [-0.2, -0.15) is 4.31 Å². The van der Waals surface area contributed by atoms with Gasteiger partial charge in [-0.25, -0.2) is 13.4 Å². The molecular formula is C14H20N4O2S. The van der Waals surface area contributed by atoms with Crippen LogP contribution >= 0.6 is 0 Å². The molecule has 6 nitrogen and oxygen atoms in total. The van der Waals surface area contributed by atoms with Gasteiger partial charge in [0.2, 0.25) is 10.0 Å². The molecule has 0 atom stereocenters. The minimum Gasteiger partial charge on any atom is -0.398 e. The van der Waals surface area contributed by atoms with E-state index in [0.29, 0.717) is 22.6 Å². The maximum atomic E-state index is 12.8. The predicted octanol–water partition coefficient (Wildman–Crippen LogP) is 1.44. The van der Waals surface area contributed by atoms with Crippen LogP contribution in [0.15, 0.2) is 29.4 Å². The molecule has 0 aliphatic heterocycles. The van der Waals surface area contributed by atoms with Crippen LogP contribution in [0.5, 0.6) is 0 Å². The van der Waals surface area contributed by atoms with Gasteiger partial charge in [0, 0.05) is 32.2 Å². The van der Waals surface area contributed by atoms with Crippen molar-refractivity contribution in [2.75, 3.05) is 12.8 Å². The molecule has 0 bridgehead atoms. The number of sulfonamides is 1. The van der Waals surface area contributed by atoms with E-state index in [9.17, 15) is 8.42 Å². The highest BCUT2D eigenvalue weighted by Gasteiger charge is 2.26. The Morgan fingerprint density at radius 2 is 2.00 bits per heavy atom. The Morgan fingerprint density at radius 3 is 2.57 bits per heavy atom. The quantitative estimate of drug-likeness (QED) is 0.867. The van der Waals surface area contributed by atoms with Gasteiger partial charge in [-0.05, 0) is 31.0 Å². The smallest absolute Gasteiger partial charge is 0.243 e. The molecule has 0 amide bonds. The summed E-state index contributed by atoms with van der Waals surface area (Å²) in [7, 11) is -0.235. The lowest BCUT2D eigenvalue weighted by molar-refractivity contribution is 0.450. The van der Waals surface area contributed by atoms with Gasteiger partial charge < -0.3 is 10.3 Å². The van der Waals surface area contributed by atoms with E-state index < -0.39 is 10.0 Å². The summed E-state index contributed by atoms with van der Waals surface area (Å²) < 4.78 is 28.7. The number of hydrogen-bond acceptors (Lipinski definition) is 4. The largest absolute Gasteiger partial charge is 0.398 e.